The molecule has 2 amide bonds. The highest BCUT2D eigenvalue weighted by molar-refractivity contribution is 5.91. The highest BCUT2D eigenvalue weighted by atomic mass is 16.5. The standard InChI is InChI=1S/C19H27N3O4/c1-14(2)20-18(23)16-12-26-13-22(16)19(24)17(15-6-4-3-5-7-15)21-8-10-25-11-9-21/h3-7,14,16-17H,8-13H2,1-2H3,(H,20,23). The minimum absolute atomic E-state index is 0.0178. The van der Waals surface area contributed by atoms with E-state index in [0.29, 0.717) is 26.3 Å². The van der Waals surface area contributed by atoms with E-state index in [2.05, 4.69) is 10.2 Å². The normalized spacial score (nSPS) is 22.4. The van der Waals surface area contributed by atoms with Gasteiger partial charge < -0.3 is 19.7 Å². The summed E-state index contributed by atoms with van der Waals surface area (Å²) in [6.07, 6.45) is 0. The Morgan fingerprint density at radius 2 is 1.81 bits per heavy atom. The fraction of sp³-hybridized carbons (Fsp3) is 0.579. The number of morpholine rings is 1. The Balaban J connectivity index is 1.83. The molecule has 0 spiro atoms. The van der Waals surface area contributed by atoms with Crippen LogP contribution in [0, 0.1) is 0 Å². The molecular weight excluding hydrogens is 334 g/mol. The number of hydrogen-bond donors (Lipinski definition) is 1. The average molecular weight is 361 g/mol. The summed E-state index contributed by atoms with van der Waals surface area (Å²) < 4.78 is 10.9. The van der Waals surface area contributed by atoms with Gasteiger partial charge in [-0.3, -0.25) is 14.5 Å². The molecule has 2 aliphatic heterocycles. The molecule has 0 radical (unpaired) electrons. The van der Waals surface area contributed by atoms with Crippen LogP contribution in [-0.4, -0.2) is 73.3 Å². The van der Waals surface area contributed by atoms with Crippen molar-refractivity contribution in [1.82, 2.24) is 15.1 Å². The van der Waals surface area contributed by atoms with Crippen LogP contribution < -0.4 is 5.32 Å². The number of rotatable bonds is 5. The molecule has 2 unspecified atom stereocenters. The van der Waals surface area contributed by atoms with E-state index >= 15 is 0 Å². The first-order valence-electron chi connectivity index (χ1n) is 9.13. The number of nitrogens with one attached hydrogen (secondary N) is 1. The minimum Gasteiger partial charge on any atom is -0.379 e. The van der Waals surface area contributed by atoms with Gasteiger partial charge in [-0.05, 0) is 19.4 Å². The number of ether oxygens (including phenoxy) is 2. The zero-order valence-electron chi connectivity index (χ0n) is 15.4. The predicted molar refractivity (Wildman–Crippen MR) is 96.3 cm³/mol. The molecule has 0 aromatic heterocycles. The van der Waals surface area contributed by atoms with E-state index in [9.17, 15) is 9.59 Å². The number of benzene rings is 1. The van der Waals surface area contributed by atoms with Crippen LogP contribution in [0.4, 0.5) is 0 Å². The minimum atomic E-state index is -0.586. The third kappa shape index (κ3) is 4.23. The number of carbonyl (C=O) groups is 2. The van der Waals surface area contributed by atoms with Crippen LogP contribution in [0.2, 0.25) is 0 Å². The molecule has 0 bridgehead atoms. The summed E-state index contributed by atoms with van der Waals surface area (Å²) in [5.41, 5.74) is 0.925. The van der Waals surface area contributed by atoms with Gasteiger partial charge in [0.2, 0.25) is 11.8 Å². The molecule has 2 aliphatic rings. The number of amides is 2. The Bertz CT molecular complexity index is 616. The van der Waals surface area contributed by atoms with E-state index in [0.717, 1.165) is 5.56 Å². The molecule has 2 atom stereocenters. The maximum atomic E-state index is 13.4. The van der Waals surface area contributed by atoms with Gasteiger partial charge in [-0.1, -0.05) is 30.3 Å². The van der Waals surface area contributed by atoms with Gasteiger partial charge in [0.05, 0.1) is 19.8 Å². The molecule has 142 valence electrons. The molecule has 1 N–H and O–H groups in total. The smallest absolute Gasteiger partial charge is 0.247 e. The zero-order chi connectivity index (χ0) is 18.5. The van der Waals surface area contributed by atoms with Crippen molar-refractivity contribution in [3.63, 3.8) is 0 Å². The number of hydrogen-bond acceptors (Lipinski definition) is 5. The van der Waals surface area contributed by atoms with Crippen molar-refractivity contribution in [1.29, 1.82) is 0 Å². The van der Waals surface area contributed by atoms with Crippen molar-refractivity contribution in [2.75, 3.05) is 39.6 Å². The first-order chi connectivity index (χ1) is 12.6. The fourth-order valence-corrected chi connectivity index (χ4v) is 3.40. The van der Waals surface area contributed by atoms with Crippen molar-refractivity contribution in [2.45, 2.75) is 32.0 Å². The van der Waals surface area contributed by atoms with Crippen LogP contribution in [0.5, 0.6) is 0 Å². The van der Waals surface area contributed by atoms with Crippen LogP contribution in [-0.2, 0) is 19.1 Å². The van der Waals surface area contributed by atoms with Crippen molar-refractivity contribution in [3.05, 3.63) is 35.9 Å². The van der Waals surface area contributed by atoms with E-state index in [1.165, 1.54) is 0 Å². The van der Waals surface area contributed by atoms with Crippen molar-refractivity contribution in [3.8, 4) is 0 Å². The van der Waals surface area contributed by atoms with Crippen molar-refractivity contribution in [2.24, 2.45) is 0 Å². The summed E-state index contributed by atoms with van der Waals surface area (Å²) in [5.74, 6) is -0.265. The molecule has 7 heteroatoms. The van der Waals surface area contributed by atoms with E-state index < -0.39 is 12.1 Å². The SMILES string of the molecule is CC(C)NC(=O)C1COCN1C(=O)C(c1ccccc1)N1CCOCC1. The summed E-state index contributed by atoms with van der Waals surface area (Å²) in [6.45, 7) is 6.75. The molecular formula is C19H27N3O4. The molecule has 7 nitrogen and oxygen atoms in total. The summed E-state index contributed by atoms with van der Waals surface area (Å²) >= 11 is 0. The summed E-state index contributed by atoms with van der Waals surface area (Å²) in [6, 6.07) is 8.70. The van der Waals surface area contributed by atoms with Gasteiger partial charge in [0.25, 0.3) is 0 Å². The Labute approximate surface area is 154 Å². The maximum Gasteiger partial charge on any atom is 0.247 e. The Kier molecular flexibility index (Phi) is 6.24. The second-order valence-corrected chi connectivity index (χ2v) is 6.95. The van der Waals surface area contributed by atoms with Gasteiger partial charge in [0.1, 0.15) is 18.8 Å². The first kappa shape index (κ1) is 18.8. The monoisotopic (exact) mass is 361 g/mol. The zero-order valence-corrected chi connectivity index (χ0v) is 15.4. The van der Waals surface area contributed by atoms with E-state index in [4.69, 9.17) is 9.47 Å². The summed E-state index contributed by atoms with van der Waals surface area (Å²) in [5, 5.41) is 2.88. The van der Waals surface area contributed by atoms with Gasteiger partial charge in [-0.15, -0.1) is 0 Å². The van der Waals surface area contributed by atoms with Crippen LogP contribution >= 0.6 is 0 Å². The molecule has 0 saturated carbocycles. The molecule has 1 aromatic carbocycles. The van der Waals surface area contributed by atoms with E-state index in [1.54, 1.807) is 4.90 Å². The third-order valence-electron chi connectivity index (χ3n) is 4.66. The quantitative estimate of drug-likeness (QED) is 0.839. The summed E-state index contributed by atoms with van der Waals surface area (Å²) in [7, 11) is 0. The Hall–Kier alpha value is -1.96. The lowest BCUT2D eigenvalue weighted by atomic mass is 10.0. The number of carbonyl (C=O) groups excluding carboxylic acids is 2. The van der Waals surface area contributed by atoms with Gasteiger partial charge in [0.15, 0.2) is 0 Å². The van der Waals surface area contributed by atoms with E-state index in [-0.39, 0.29) is 31.2 Å². The second-order valence-electron chi connectivity index (χ2n) is 6.95. The predicted octanol–water partition coefficient (Wildman–Crippen LogP) is 0.769. The maximum absolute atomic E-state index is 13.4. The fourth-order valence-electron chi connectivity index (χ4n) is 3.40. The van der Waals surface area contributed by atoms with Crippen LogP contribution in [0.25, 0.3) is 0 Å². The molecule has 0 aliphatic carbocycles. The molecule has 3 rings (SSSR count). The van der Waals surface area contributed by atoms with Crippen LogP contribution in [0.1, 0.15) is 25.5 Å². The summed E-state index contributed by atoms with van der Waals surface area (Å²) in [4.78, 5) is 29.6. The van der Waals surface area contributed by atoms with Crippen molar-refractivity contribution >= 4 is 11.8 Å². The lowest BCUT2D eigenvalue weighted by Crippen LogP contribution is -2.53. The Morgan fingerprint density at radius 3 is 2.46 bits per heavy atom. The third-order valence-corrected chi connectivity index (χ3v) is 4.66. The van der Waals surface area contributed by atoms with Crippen LogP contribution in [0.3, 0.4) is 0 Å². The number of nitrogens with zero attached hydrogens (tertiary/aromatic N) is 2. The lowest BCUT2D eigenvalue weighted by molar-refractivity contribution is -0.145. The van der Waals surface area contributed by atoms with E-state index in [1.807, 2.05) is 44.2 Å². The van der Waals surface area contributed by atoms with Gasteiger partial charge in [0, 0.05) is 19.1 Å². The highest BCUT2D eigenvalue weighted by Gasteiger charge is 2.40. The average Bonchev–Trinajstić information content (AvgIpc) is 3.13. The molecule has 26 heavy (non-hydrogen) atoms. The highest BCUT2D eigenvalue weighted by Crippen LogP contribution is 2.26. The van der Waals surface area contributed by atoms with Crippen molar-refractivity contribution < 1.29 is 19.1 Å². The first-order valence-corrected chi connectivity index (χ1v) is 9.13. The van der Waals surface area contributed by atoms with Gasteiger partial charge in [-0.2, -0.15) is 0 Å². The van der Waals surface area contributed by atoms with Gasteiger partial charge in [-0.25, -0.2) is 0 Å². The molecule has 2 fully saturated rings. The molecule has 2 saturated heterocycles. The second kappa shape index (κ2) is 8.62. The lowest BCUT2D eigenvalue weighted by Gasteiger charge is -2.36. The van der Waals surface area contributed by atoms with Gasteiger partial charge >= 0.3 is 0 Å². The molecule has 2 heterocycles. The largest absolute Gasteiger partial charge is 0.379 e. The van der Waals surface area contributed by atoms with Crippen LogP contribution in [0.15, 0.2) is 30.3 Å². The molecule has 1 aromatic rings. The Morgan fingerprint density at radius 1 is 1.12 bits per heavy atom. The topological polar surface area (TPSA) is 71.1 Å².